The van der Waals surface area contributed by atoms with E-state index < -0.39 is 0 Å². The second kappa shape index (κ2) is 12.7. The second-order valence-corrected chi connectivity index (χ2v) is 10.7. The Morgan fingerprint density at radius 1 is 0.568 bits per heavy atom. The Hall–Kier alpha value is -5.64. The van der Waals surface area contributed by atoms with Crippen molar-refractivity contribution in [3.8, 4) is 11.1 Å². The monoisotopic (exact) mass is 586 g/mol. The van der Waals surface area contributed by atoms with Crippen LogP contribution in [0.1, 0.15) is 22.3 Å². The highest BCUT2D eigenvalue weighted by Gasteiger charge is 2.13. The number of urea groups is 2. The zero-order valence-electron chi connectivity index (χ0n) is 24.6. The minimum Gasteiger partial charge on any atom is -0.368 e. The van der Waals surface area contributed by atoms with Gasteiger partial charge in [0.25, 0.3) is 0 Å². The number of amidine groups is 2. The highest BCUT2D eigenvalue weighted by molar-refractivity contribution is 6.04. The van der Waals surface area contributed by atoms with Crippen molar-refractivity contribution in [2.24, 2.45) is 9.98 Å². The molecule has 10 nitrogen and oxygen atoms in total. The summed E-state index contributed by atoms with van der Waals surface area (Å²) < 4.78 is 0. The van der Waals surface area contributed by atoms with E-state index in [-0.39, 0.29) is 12.1 Å². The van der Waals surface area contributed by atoms with E-state index >= 15 is 0 Å². The van der Waals surface area contributed by atoms with Gasteiger partial charge in [-0.3, -0.25) is 9.98 Å². The molecule has 2 heterocycles. The Balaban J connectivity index is 1.07. The summed E-state index contributed by atoms with van der Waals surface area (Å²) in [5, 5.41) is 18.2. The predicted octanol–water partition coefficient (Wildman–Crippen LogP) is 5.96. The molecule has 0 atom stereocenters. The van der Waals surface area contributed by atoms with Crippen LogP contribution in [0.4, 0.5) is 32.3 Å². The molecule has 6 N–H and O–H groups in total. The van der Waals surface area contributed by atoms with Crippen LogP contribution in [0.25, 0.3) is 11.1 Å². The number of anilines is 4. The minimum absolute atomic E-state index is 0.320. The fourth-order valence-corrected chi connectivity index (χ4v) is 5.21. The van der Waals surface area contributed by atoms with Crippen LogP contribution < -0.4 is 31.9 Å². The summed E-state index contributed by atoms with van der Waals surface area (Å²) in [7, 11) is 0. The number of hydrogen-bond acceptors (Lipinski definition) is 6. The fourth-order valence-electron chi connectivity index (χ4n) is 5.21. The van der Waals surface area contributed by atoms with Crippen molar-refractivity contribution in [3.63, 3.8) is 0 Å². The van der Waals surface area contributed by atoms with Gasteiger partial charge in [0.1, 0.15) is 11.7 Å². The summed E-state index contributed by atoms with van der Waals surface area (Å²) in [6.07, 6.45) is 0. The van der Waals surface area contributed by atoms with Crippen molar-refractivity contribution in [2.45, 2.75) is 13.8 Å². The van der Waals surface area contributed by atoms with Crippen LogP contribution in [0.2, 0.25) is 0 Å². The number of nitrogens with zero attached hydrogens (tertiary/aromatic N) is 2. The third-order valence-corrected chi connectivity index (χ3v) is 7.42. The molecule has 0 radical (unpaired) electrons. The Morgan fingerprint density at radius 3 is 1.41 bits per heavy atom. The number of aliphatic imine (C=N–C) groups is 2. The van der Waals surface area contributed by atoms with Gasteiger partial charge in [-0.05, 0) is 84.6 Å². The molecule has 4 aromatic rings. The lowest BCUT2D eigenvalue weighted by Crippen LogP contribution is -2.22. The highest BCUT2D eigenvalue weighted by atomic mass is 16.2. The first-order valence-corrected chi connectivity index (χ1v) is 14.6. The smallest absolute Gasteiger partial charge is 0.323 e. The van der Waals surface area contributed by atoms with E-state index in [9.17, 15) is 9.59 Å². The molecule has 0 aromatic heterocycles. The summed E-state index contributed by atoms with van der Waals surface area (Å²) in [6, 6.07) is 26.4. The van der Waals surface area contributed by atoms with Gasteiger partial charge in [0, 0.05) is 47.0 Å². The molecule has 0 bridgehead atoms. The molecule has 2 aliphatic heterocycles. The van der Waals surface area contributed by atoms with Gasteiger partial charge >= 0.3 is 12.1 Å². The van der Waals surface area contributed by atoms with E-state index in [1.54, 1.807) is 0 Å². The van der Waals surface area contributed by atoms with Crippen LogP contribution in [-0.2, 0) is 0 Å². The van der Waals surface area contributed by atoms with Gasteiger partial charge in [0.05, 0.1) is 13.1 Å². The Kier molecular flexibility index (Phi) is 8.22. The van der Waals surface area contributed by atoms with Gasteiger partial charge in [0.2, 0.25) is 0 Å². The lowest BCUT2D eigenvalue weighted by molar-refractivity contribution is 0.261. The summed E-state index contributed by atoms with van der Waals surface area (Å²) in [5.41, 5.74) is 8.56. The summed E-state index contributed by atoms with van der Waals surface area (Å²) in [6.45, 7) is 7.08. The maximum absolute atomic E-state index is 12.8. The first-order valence-electron chi connectivity index (χ1n) is 14.6. The van der Waals surface area contributed by atoms with Gasteiger partial charge in [-0.25, -0.2) is 9.59 Å². The molecule has 0 saturated heterocycles. The number of aryl methyl sites for hydroxylation is 2. The van der Waals surface area contributed by atoms with Crippen molar-refractivity contribution in [3.05, 3.63) is 107 Å². The number of carbonyl (C=O) groups is 2. The quantitative estimate of drug-likeness (QED) is 0.160. The van der Waals surface area contributed by atoms with Crippen molar-refractivity contribution in [1.29, 1.82) is 0 Å². The Bertz CT molecular complexity index is 1670. The van der Waals surface area contributed by atoms with Crippen LogP contribution in [0.3, 0.4) is 0 Å². The van der Waals surface area contributed by atoms with Crippen LogP contribution in [0.15, 0.2) is 94.9 Å². The largest absolute Gasteiger partial charge is 0.368 e. The number of benzene rings is 4. The molecule has 2 aliphatic rings. The van der Waals surface area contributed by atoms with E-state index in [1.807, 2.05) is 98.8 Å². The maximum atomic E-state index is 12.8. The molecule has 0 aliphatic carbocycles. The number of hydrogen-bond donors (Lipinski definition) is 6. The molecule has 10 heteroatoms. The number of amides is 4. The number of nitrogens with one attached hydrogen (secondary N) is 6. The molecule has 0 fully saturated rings. The summed E-state index contributed by atoms with van der Waals surface area (Å²) in [5.74, 6) is 1.69. The van der Waals surface area contributed by atoms with Crippen molar-refractivity contribution in [1.82, 2.24) is 10.6 Å². The lowest BCUT2D eigenvalue weighted by atomic mass is 10.00. The van der Waals surface area contributed by atoms with Gasteiger partial charge in [0.15, 0.2) is 0 Å². The van der Waals surface area contributed by atoms with Crippen molar-refractivity contribution in [2.75, 3.05) is 47.4 Å². The van der Waals surface area contributed by atoms with Gasteiger partial charge in [-0.15, -0.1) is 0 Å². The molecular weight excluding hydrogens is 552 g/mol. The molecule has 0 unspecified atom stereocenters. The third-order valence-electron chi connectivity index (χ3n) is 7.42. The number of carbonyl (C=O) groups excluding carboxylic acids is 2. The maximum Gasteiger partial charge on any atom is 0.323 e. The van der Waals surface area contributed by atoms with Crippen LogP contribution in [0, 0.1) is 13.8 Å². The van der Waals surface area contributed by atoms with E-state index in [0.717, 1.165) is 82.6 Å². The molecule has 4 aromatic carbocycles. The van der Waals surface area contributed by atoms with E-state index in [2.05, 4.69) is 41.9 Å². The molecule has 0 spiro atoms. The lowest BCUT2D eigenvalue weighted by Gasteiger charge is -2.14. The minimum atomic E-state index is -0.320. The first kappa shape index (κ1) is 28.5. The first-order chi connectivity index (χ1) is 21.4. The normalized spacial score (nSPS) is 13.7. The second-order valence-electron chi connectivity index (χ2n) is 10.7. The van der Waals surface area contributed by atoms with E-state index in [0.29, 0.717) is 11.4 Å². The third kappa shape index (κ3) is 6.70. The zero-order valence-corrected chi connectivity index (χ0v) is 24.6. The van der Waals surface area contributed by atoms with Crippen LogP contribution >= 0.6 is 0 Å². The summed E-state index contributed by atoms with van der Waals surface area (Å²) >= 11 is 0. The van der Waals surface area contributed by atoms with Crippen LogP contribution in [-0.4, -0.2) is 49.9 Å². The Morgan fingerprint density at radius 2 is 1.02 bits per heavy atom. The predicted molar refractivity (Wildman–Crippen MR) is 178 cm³/mol. The zero-order chi connectivity index (χ0) is 30.5. The van der Waals surface area contributed by atoms with Crippen molar-refractivity contribution >= 4 is 46.5 Å². The number of rotatable bonds is 7. The summed E-state index contributed by atoms with van der Waals surface area (Å²) in [4.78, 5) is 34.4. The van der Waals surface area contributed by atoms with Crippen molar-refractivity contribution < 1.29 is 9.59 Å². The van der Waals surface area contributed by atoms with E-state index in [4.69, 9.17) is 0 Å². The molecule has 222 valence electrons. The van der Waals surface area contributed by atoms with Gasteiger partial charge in [-0.1, -0.05) is 36.4 Å². The van der Waals surface area contributed by atoms with Crippen LogP contribution in [0.5, 0.6) is 0 Å². The molecule has 4 amide bonds. The molecule has 6 rings (SSSR count). The topological polar surface area (TPSA) is 131 Å². The molecule has 0 saturated carbocycles. The molecule has 44 heavy (non-hydrogen) atoms. The van der Waals surface area contributed by atoms with Gasteiger partial charge < -0.3 is 31.9 Å². The highest BCUT2D eigenvalue weighted by Crippen LogP contribution is 2.28. The standard InChI is InChI=1S/C34H34N8O2/c1-21-17-23(9-11-29(21)41-33(43)39-27-7-3-5-25(19-27)31-35-13-14-36-31)24-10-12-30(22(2)18-24)42-34(44)40-28-8-4-6-26(20-28)32-37-15-16-38-32/h3-12,17-20H,13-16H2,1-2H3,(H,35,36)(H,37,38)(H2,39,41,43)(H2,40,42,44). The molecular formula is C34H34N8O2. The van der Waals surface area contributed by atoms with Gasteiger partial charge in [-0.2, -0.15) is 0 Å². The SMILES string of the molecule is Cc1cc(-c2ccc(NC(=O)Nc3cccc(C4=NCCN4)c3)c(C)c2)ccc1NC(=O)Nc1cccc(C2=NCCN2)c1. The Labute approximate surface area is 256 Å². The average Bonchev–Trinajstić information content (AvgIpc) is 3.75. The fraction of sp³-hybridized carbons (Fsp3) is 0.176. The van der Waals surface area contributed by atoms with E-state index in [1.165, 1.54) is 0 Å². The average molecular weight is 587 g/mol.